The van der Waals surface area contributed by atoms with E-state index in [1.165, 1.54) is 19.3 Å². The maximum Gasteiger partial charge on any atom is 0.307 e. The Bertz CT molecular complexity index is 441. The molecule has 0 bridgehead atoms. The van der Waals surface area contributed by atoms with Gasteiger partial charge in [-0.15, -0.1) is 0 Å². The fraction of sp³-hybridized carbons (Fsp3) is 0.778. The molecule has 136 valence electrons. The van der Waals surface area contributed by atoms with Gasteiger partial charge in [0, 0.05) is 0 Å². The summed E-state index contributed by atoms with van der Waals surface area (Å²) in [5.41, 5.74) is 0. The highest BCUT2D eigenvalue weighted by Crippen LogP contribution is 2.32. The van der Waals surface area contributed by atoms with Crippen molar-refractivity contribution in [2.45, 2.75) is 63.6 Å². The molecule has 0 heterocycles. The molecule has 2 N–H and O–H groups in total. The minimum Gasteiger partial charge on any atom is -0.481 e. The third-order valence-electron chi connectivity index (χ3n) is 5.01. The Kier molecular flexibility index (Phi) is 7.72. The van der Waals surface area contributed by atoms with E-state index in [1.807, 2.05) is 12.2 Å². The maximum absolute atomic E-state index is 11.2. The molecule has 3 atom stereocenters. The summed E-state index contributed by atoms with van der Waals surface area (Å²) in [5, 5.41) is 18.3. The first-order valence-corrected chi connectivity index (χ1v) is 8.91. The van der Waals surface area contributed by atoms with E-state index < -0.39 is 23.8 Å². The van der Waals surface area contributed by atoms with Gasteiger partial charge in [-0.2, -0.15) is 0 Å². The lowest BCUT2D eigenvalue weighted by molar-refractivity contribution is -0.158. The molecule has 0 amide bonds. The molecular weight excluding hydrogens is 312 g/mol. The zero-order chi connectivity index (χ0) is 17.4. The molecule has 0 radical (unpaired) electrons. The van der Waals surface area contributed by atoms with Crippen molar-refractivity contribution in [1.29, 1.82) is 0 Å². The van der Waals surface area contributed by atoms with E-state index in [2.05, 4.69) is 0 Å². The maximum atomic E-state index is 11.2. The van der Waals surface area contributed by atoms with E-state index in [0.29, 0.717) is 32.2 Å². The lowest BCUT2D eigenvalue weighted by Crippen LogP contribution is -2.38. The van der Waals surface area contributed by atoms with Crippen molar-refractivity contribution in [2.24, 2.45) is 11.8 Å². The van der Waals surface area contributed by atoms with Gasteiger partial charge in [0.15, 0.2) is 0 Å². The van der Waals surface area contributed by atoms with Crippen LogP contribution in [0.3, 0.4) is 0 Å². The van der Waals surface area contributed by atoms with Crippen LogP contribution in [-0.2, 0) is 19.1 Å². The zero-order valence-electron chi connectivity index (χ0n) is 14.1. The molecule has 6 heteroatoms. The van der Waals surface area contributed by atoms with Crippen LogP contribution < -0.4 is 0 Å². The van der Waals surface area contributed by atoms with Crippen molar-refractivity contribution in [3.63, 3.8) is 0 Å². The summed E-state index contributed by atoms with van der Waals surface area (Å²) in [6.45, 7) is 0.986. The van der Waals surface area contributed by atoms with Crippen LogP contribution in [0.2, 0.25) is 0 Å². The molecule has 2 aliphatic carbocycles. The first-order valence-electron chi connectivity index (χ1n) is 8.91. The third-order valence-corrected chi connectivity index (χ3v) is 5.01. The lowest BCUT2D eigenvalue weighted by atomic mass is 9.78. The monoisotopic (exact) mass is 340 g/mol. The Hall–Kier alpha value is -1.40. The zero-order valence-corrected chi connectivity index (χ0v) is 14.1. The number of carbonyl (C=O) groups is 2. The van der Waals surface area contributed by atoms with E-state index in [9.17, 15) is 14.7 Å². The topological polar surface area (TPSA) is 93.1 Å². The highest BCUT2D eigenvalue weighted by atomic mass is 16.5. The molecule has 3 unspecified atom stereocenters. The van der Waals surface area contributed by atoms with E-state index in [4.69, 9.17) is 14.6 Å². The highest BCUT2D eigenvalue weighted by Gasteiger charge is 2.39. The van der Waals surface area contributed by atoms with Crippen LogP contribution >= 0.6 is 0 Å². The van der Waals surface area contributed by atoms with Gasteiger partial charge < -0.3 is 19.7 Å². The summed E-state index contributed by atoms with van der Waals surface area (Å²) >= 11 is 0. The Balaban J connectivity index is 1.64. The quantitative estimate of drug-likeness (QED) is 0.660. The van der Waals surface area contributed by atoms with E-state index in [0.717, 1.165) is 12.8 Å². The van der Waals surface area contributed by atoms with Gasteiger partial charge in [0.1, 0.15) is 0 Å². The molecule has 2 fully saturated rings. The van der Waals surface area contributed by atoms with Gasteiger partial charge >= 0.3 is 11.9 Å². The van der Waals surface area contributed by atoms with Gasteiger partial charge in [-0.05, 0) is 32.1 Å². The first-order chi connectivity index (χ1) is 11.6. The first kappa shape index (κ1) is 18.9. The van der Waals surface area contributed by atoms with Crippen molar-refractivity contribution in [1.82, 2.24) is 0 Å². The molecular formula is C18H28O6. The van der Waals surface area contributed by atoms with Crippen molar-refractivity contribution < 1.29 is 29.3 Å². The average Bonchev–Trinajstić information content (AvgIpc) is 2.58. The predicted molar refractivity (Wildman–Crippen MR) is 87.8 cm³/mol. The van der Waals surface area contributed by atoms with Gasteiger partial charge in [-0.1, -0.05) is 31.4 Å². The van der Waals surface area contributed by atoms with Crippen LogP contribution in [0.15, 0.2) is 12.2 Å². The van der Waals surface area contributed by atoms with Gasteiger partial charge in [-0.3, -0.25) is 9.59 Å². The second-order valence-electron chi connectivity index (χ2n) is 6.72. The molecule has 6 nitrogen and oxygen atoms in total. The fourth-order valence-electron chi connectivity index (χ4n) is 3.60. The summed E-state index contributed by atoms with van der Waals surface area (Å²) in [6.07, 6.45) is 11.3. The summed E-state index contributed by atoms with van der Waals surface area (Å²) < 4.78 is 11.5. The van der Waals surface area contributed by atoms with Crippen LogP contribution in [0.5, 0.6) is 0 Å². The third kappa shape index (κ3) is 5.91. The Morgan fingerprint density at radius 3 is 1.96 bits per heavy atom. The number of ether oxygens (including phenoxy) is 2. The number of aliphatic carboxylic acids is 2. The number of rotatable bonds is 8. The SMILES string of the molecule is O=C(O)C1CCC(OC/C=C\COC2CCCCC2)CC1C(=O)O. The molecule has 2 aliphatic rings. The van der Waals surface area contributed by atoms with Gasteiger partial charge in [0.25, 0.3) is 0 Å². The number of carboxylic acid groups (broad SMARTS) is 2. The molecule has 0 spiro atoms. The van der Waals surface area contributed by atoms with Crippen LogP contribution in [0.25, 0.3) is 0 Å². The molecule has 24 heavy (non-hydrogen) atoms. The summed E-state index contributed by atoms with van der Waals surface area (Å²) in [6, 6.07) is 0. The van der Waals surface area contributed by atoms with Crippen molar-refractivity contribution >= 4 is 11.9 Å². The number of carboxylic acids is 2. The highest BCUT2D eigenvalue weighted by molar-refractivity contribution is 5.80. The molecule has 0 aliphatic heterocycles. The second-order valence-corrected chi connectivity index (χ2v) is 6.72. The lowest BCUT2D eigenvalue weighted by Gasteiger charge is -2.31. The largest absolute Gasteiger partial charge is 0.481 e. The Morgan fingerprint density at radius 2 is 1.38 bits per heavy atom. The van der Waals surface area contributed by atoms with Crippen LogP contribution in [0.4, 0.5) is 0 Å². The smallest absolute Gasteiger partial charge is 0.307 e. The average molecular weight is 340 g/mol. The van der Waals surface area contributed by atoms with E-state index in [1.54, 1.807) is 0 Å². The molecule has 2 saturated carbocycles. The minimum atomic E-state index is -1.05. The second kappa shape index (κ2) is 9.79. The Morgan fingerprint density at radius 1 is 0.792 bits per heavy atom. The minimum absolute atomic E-state index is 0.189. The summed E-state index contributed by atoms with van der Waals surface area (Å²) in [7, 11) is 0. The van der Waals surface area contributed by atoms with Crippen LogP contribution in [0.1, 0.15) is 51.4 Å². The molecule has 2 rings (SSSR count). The number of hydrogen-bond acceptors (Lipinski definition) is 4. The standard InChI is InChI=1S/C18H28O6/c19-17(20)15-9-8-14(12-16(15)18(21)22)24-11-5-4-10-23-13-6-2-1-3-7-13/h4-5,13-16H,1-3,6-12H2,(H,19,20)(H,21,22)/b5-4-. The molecule has 0 aromatic rings. The van der Waals surface area contributed by atoms with Crippen molar-refractivity contribution in [2.75, 3.05) is 13.2 Å². The number of hydrogen-bond donors (Lipinski definition) is 2. The molecule has 0 saturated heterocycles. The summed E-state index contributed by atoms with van der Waals surface area (Å²) in [5.74, 6) is -3.74. The van der Waals surface area contributed by atoms with Crippen LogP contribution in [0, 0.1) is 11.8 Å². The molecule has 0 aromatic heterocycles. The summed E-state index contributed by atoms with van der Waals surface area (Å²) in [4.78, 5) is 22.3. The van der Waals surface area contributed by atoms with E-state index >= 15 is 0 Å². The Labute approximate surface area is 142 Å². The molecule has 0 aromatic carbocycles. The van der Waals surface area contributed by atoms with Gasteiger partial charge in [-0.25, -0.2) is 0 Å². The predicted octanol–water partition coefficient (Wildman–Crippen LogP) is 2.86. The van der Waals surface area contributed by atoms with E-state index in [-0.39, 0.29) is 12.5 Å². The van der Waals surface area contributed by atoms with Crippen molar-refractivity contribution in [3.05, 3.63) is 12.2 Å². The van der Waals surface area contributed by atoms with Crippen LogP contribution in [-0.4, -0.2) is 47.6 Å². The fourth-order valence-corrected chi connectivity index (χ4v) is 3.60. The van der Waals surface area contributed by atoms with Crippen molar-refractivity contribution in [3.8, 4) is 0 Å². The normalized spacial score (nSPS) is 28.9. The van der Waals surface area contributed by atoms with Gasteiger partial charge in [0.2, 0.25) is 0 Å². The van der Waals surface area contributed by atoms with Gasteiger partial charge in [0.05, 0.1) is 37.3 Å².